The minimum absolute atomic E-state index is 0.122. The standard InChI is InChI=1S/C15H19ClN4/c1-11(17)7-13-8-18-15(19-9-13)20(2)10-12-3-5-14(16)6-4-12/h3-6,8-9,11H,7,10,17H2,1-2H3. The number of anilines is 1. The topological polar surface area (TPSA) is 55.0 Å². The summed E-state index contributed by atoms with van der Waals surface area (Å²) in [4.78, 5) is 10.8. The Morgan fingerprint density at radius 2 is 1.75 bits per heavy atom. The zero-order chi connectivity index (χ0) is 14.5. The number of hydrogen-bond acceptors (Lipinski definition) is 4. The summed E-state index contributed by atoms with van der Waals surface area (Å²) in [6.07, 6.45) is 4.47. The third kappa shape index (κ3) is 4.18. The Kier molecular flexibility index (Phi) is 4.93. The highest BCUT2D eigenvalue weighted by molar-refractivity contribution is 6.30. The summed E-state index contributed by atoms with van der Waals surface area (Å²) in [5.41, 5.74) is 7.99. The molecule has 0 saturated carbocycles. The van der Waals surface area contributed by atoms with Gasteiger partial charge in [-0.1, -0.05) is 23.7 Å². The van der Waals surface area contributed by atoms with E-state index in [1.165, 1.54) is 5.56 Å². The van der Waals surface area contributed by atoms with Gasteiger partial charge in [0.15, 0.2) is 0 Å². The van der Waals surface area contributed by atoms with Crippen molar-refractivity contribution in [1.29, 1.82) is 0 Å². The normalized spacial score (nSPS) is 12.2. The van der Waals surface area contributed by atoms with Crippen LogP contribution >= 0.6 is 11.6 Å². The smallest absolute Gasteiger partial charge is 0.225 e. The van der Waals surface area contributed by atoms with E-state index >= 15 is 0 Å². The van der Waals surface area contributed by atoms with Crippen molar-refractivity contribution in [3.63, 3.8) is 0 Å². The monoisotopic (exact) mass is 290 g/mol. The number of nitrogens with two attached hydrogens (primary N) is 1. The van der Waals surface area contributed by atoms with Crippen molar-refractivity contribution in [2.45, 2.75) is 25.9 Å². The van der Waals surface area contributed by atoms with Crippen LogP contribution < -0.4 is 10.6 Å². The molecule has 0 fully saturated rings. The molecule has 2 aromatic rings. The van der Waals surface area contributed by atoms with E-state index in [0.717, 1.165) is 23.6 Å². The van der Waals surface area contributed by atoms with Crippen LogP contribution in [0.4, 0.5) is 5.95 Å². The van der Waals surface area contributed by atoms with E-state index in [-0.39, 0.29) is 6.04 Å². The fourth-order valence-electron chi connectivity index (χ4n) is 1.96. The first-order valence-corrected chi connectivity index (χ1v) is 6.94. The first-order chi connectivity index (χ1) is 9.54. The van der Waals surface area contributed by atoms with E-state index in [1.807, 2.05) is 55.5 Å². The minimum Gasteiger partial charge on any atom is -0.340 e. The first-order valence-electron chi connectivity index (χ1n) is 6.56. The fraction of sp³-hybridized carbons (Fsp3) is 0.333. The highest BCUT2D eigenvalue weighted by atomic mass is 35.5. The molecule has 20 heavy (non-hydrogen) atoms. The van der Waals surface area contributed by atoms with Gasteiger partial charge in [-0.25, -0.2) is 9.97 Å². The third-order valence-electron chi connectivity index (χ3n) is 2.92. The molecule has 2 rings (SSSR count). The van der Waals surface area contributed by atoms with Crippen LogP contribution in [0.25, 0.3) is 0 Å². The maximum Gasteiger partial charge on any atom is 0.225 e. The number of benzene rings is 1. The van der Waals surface area contributed by atoms with E-state index in [4.69, 9.17) is 17.3 Å². The van der Waals surface area contributed by atoms with E-state index in [9.17, 15) is 0 Å². The van der Waals surface area contributed by atoms with Crippen LogP contribution in [0.15, 0.2) is 36.7 Å². The van der Waals surface area contributed by atoms with E-state index in [2.05, 4.69) is 9.97 Å². The average molecular weight is 291 g/mol. The maximum atomic E-state index is 5.88. The summed E-state index contributed by atoms with van der Waals surface area (Å²) in [5.74, 6) is 0.702. The van der Waals surface area contributed by atoms with Crippen LogP contribution in [0.3, 0.4) is 0 Å². The van der Waals surface area contributed by atoms with Crippen LogP contribution in [0.5, 0.6) is 0 Å². The maximum absolute atomic E-state index is 5.88. The SMILES string of the molecule is CC(N)Cc1cnc(N(C)Cc2ccc(Cl)cc2)nc1. The number of rotatable bonds is 5. The van der Waals surface area contributed by atoms with E-state index in [1.54, 1.807) is 0 Å². The second-order valence-corrected chi connectivity index (χ2v) is 5.49. The Bertz CT molecular complexity index is 537. The largest absolute Gasteiger partial charge is 0.340 e. The van der Waals surface area contributed by atoms with Crippen molar-refractivity contribution in [2.24, 2.45) is 5.73 Å². The molecule has 106 valence electrons. The van der Waals surface area contributed by atoms with Gasteiger partial charge in [-0.05, 0) is 36.6 Å². The number of hydrogen-bond donors (Lipinski definition) is 1. The second kappa shape index (κ2) is 6.68. The average Bonchev–Trinajstić information content (AvgIpc) is 2.41. The van der Waals surface area contributed by atoms with Gasteiger partial charge in [0.2, 0.25) is 5.95 Å². The molecule has 2 N–H and O–H groups in total. The van der Waals surface area contributed by atoms with Crippen LogP contribution in [0.2, 0.25) is 5.02 Å². The van der Waals surface area contributed by atoms with E-state index < -0.39 is 0 Å². The molecular formula is C15H19ClN4. The van der Waals surface area contributed by atoms with Crippen molar-refractivity contribution in [3.8, 4) is 0 Å². The number of nitrogens with zero attached hydrogens (tertiary/aromatic N) is 3. The Morgan fingerprint density at radius 1 is 1.15 bits per heavy atom. The lowest BCUT2D eigenvalue weighted by atomic mass is 10.1. The van der Waals surface area contributed by atoms with Gasteiger partial charge in [-0.15, -0.1) is 0 Å². The Hall–Kier alpha value is -1.65. The predicted octanol–water partition coefficient (Wildman–Crippen LogP) is 2.66. The highest BCUT2D eigenvalue weighted by Crippen LogP contribution is 2.13. The van der Waals surface area contributed by atoms with Gasteiger partial charge >= 0.3 is 0 Å². The lowest BCUT2D eigenvalue weighted by Crippen LogP contribution is -2.20. The molecule has 0 aliphatic rings. The zero-order valence-corrected chi connectivity index (χ0v) is 12.5. The lowest BCUT2D eigenvalue weighted by molar-refractivity contribution is 0.730. The molecule has 0 radical (unpaired) electrons. The second-order valence-electron chi connectivity index (χ2n) is 5.06. The van der Waals surface area contributed by atoms with Crippen LogP contribution in [0.1, 0.15) is 18.1 Å². The molecule has 0 aliphatic carbocycles. The van der Waals surface area contributed by atoms with Gasteiger partial charge in [0.25, 0.3) is 0 Å². The van der Waals surface area contributed by atoms with E-state index in [0.29, 0.717) is 5.95 Å². The molecular weight excluding hydrogens is 272 g/mol. The minimum atomic E-state index is 0.122. The van der Waals surface area contributed by atoms with Crippen LogP contribution in [-0.2, 0) is 13.0 Å². The summed E-state index contributed by atoms with van der Waals surface area (Å²) in [5, 5.41) is 0.743. The van der Waals surface area contributed by atoms with Crippen molar-refractivity contribution in [1.82, 2.24) is 9.97 Å². The molecule has 1 unspecified atom stereocenters. The van der Waals surface area contributed by atoms with Crippen molar-refractivity contribution < 1.29 is 0 Å². The van der Waals surface area contributed by atoms with Gasteiger partial charge in [-0.3, -0.25) is 0 Å². The molecule has 0 saturated heterocycles. The number of aromatic nitrogens is 2. The lowest BCUT2D eigenvalue weighted by Gasteiger charge is -2.17. The van der Waals surface area contributed by atoms with Crippen molar-refractivity contribution >= 4 is 17.5 Å². The van der Waals surface area contributed by atoms with Gasteiger partial charge in [-0.2, -0.15) is 0 Å². The molecule has 0 aliphatic heterocycles. The summed E-state index contributed by atoms with van der Waals surface area (Å²) in [6, 6.07) is 7.90. The number of halogens is 1. The summed E-state index contributed by atoms with van der Waals surface area (Å²) in [7, 11) is 1.97. The molecule has 0 spiro atoms. The third-order valence-corrected chi connectivity index (χ3v) is 3.18. The molecule has 1 aromatic carbocycles. The Morgan fingerprint density at radius 3 is 2.30 bits per heavy atom. The van der Waals surface area contributed by atoms with Gasteiger partial charge < -0.3 is 10.6 Å². The first kappa shape index (κ1) is 14.8. The molecule has 4 nitrogen and oxygen atoms in total. The molecule has 1 atom stereocenters. The highest BCUT2D eigenvalue weighted by Gasteiger charge is 2.06. The molecule has 5 heteroatoms. The van der Waals surface area contributed by atoms with Crippen LogP contribution in [0, 0.1) is 0 Å². The Balaban J connectivity index is 2.01. The quantitative estimate of drug-likeness (QED) is 0.920. The predicted molar refractivity (Wildman–Crippen MR) is 82.9 cm³/mol. The summed E-state index contributed by atoms with van der Waals surface area (Å²) in [6.45, 7) is 2.71. The summed E-state index contributed by atoms with van der Waals surface area (Å²) < 4.78 is 0. The molecule has 0 bridgehead atoms. The van der Waals surface area contributed by atoms with Crippen LogP contribution in [-0.4, -0.2) is 23.1 Å². The fourth-order valence-corrected chi connectivity index (χ4v) is 2.08. The zero-order valence-electron chi connectivity index (χ0n) is 11.8. The molecule has 1 aromatic heterocycles. The molecule has 1 heterocycles. The van der Waals surface area contributed by atoms with Gasteiger partial charge in [0.1, 0.15) is 0 Å². The van der Waals surface area contributed by atoms with Crippen molar-refractivity contribution in [2.75, 3.05) is 11.9 Å². The Labute approximate surface area is 124 Å². The van der Waals surface area contributed by atoms with Crippen molar-refractivity contribution in [3.05, 3.63) is 52.8 Å². The summed E-state index contributed by atoms with van der Waals surface area (Å²) >= 11 is 5.88. The molecule has 0 amide bonds. The van der Waals surface area contributed by atoms with Gasteiger partial charge in [0, 0.05) is 37.1 Å². The van der Waals surface area contributed by atoms with Gasteiger partial charge in [0.05, 0.1) is 0 Å².